The van der Waals surface area contributed by atoms with Crippen LogP contribution in [0.5, 0.6) is 0 Å². The standard InChI is InChI=1S/C15H16BN.C2H6/c1-2-17(12-16)15-11-7-6-10-14(15)13-8-4-3-5-9-13;1-2/h3-11H,2,12H2,1H3;1-2H3. The van der Waals surface area contributed by atoms with Gasteiger partial charge in [0.15, 0.2) is 0 Å². The van der Waals surface area contributed by atoms with Crippen molar-refractivity contribution in [3.63, 3.8) is 0 Å². The van der Waals surface area contributed by atoms with Crippen LogP contribution in [0.25, 0.3) is 11.1 Å². The zero-order valence-electron chi connectivity index (χ0n) is 12.1. The summed E-state index contributed by atoms with van der Waals surface area (Å²) in [6, 6.07) is 18.8. The fraction of sp³-hybridized carbons (Fsp3) is 0.294. The minimum absolute atomic E-state index is 0.542. The summed E-state index contributed by atoms with van der Waals surface area (Å²) in [7, 11) is 5.79. The largest absolute Gasteiger partial charge is 0.380 e. The van der Waals surface area contributed by atoms with E-state index < -0.39 is 0 Å². The molecule has 2 aromatic rings. The van der Waals surface area contributed by atoms with Gasteiger partial charge in [-0.25, -0.2) is 0 Å². The molecule has 2 heteroatoms. The molecule has 0 aliphatic rings. The summed E-state index contributed by atoms with van der Waals surface area (Å²) in [6.45, 7) is 7.04. The highest BCUT2D eigenvalue weighted by atomic mass is 15.1. The molecule has 0 amide bonds. The Hall–Kier alpha value is -1.70. The van der Waals surface area contributed by atoms with E-state index in [2.05, 4.69) is 60.4 Å². The maximum Gasteiger partial charge on any atom is 0.0942 e. The lowest BCUT2D eigenvalue weighted by atomic mass is 10.0. The van der Waals surface area contributed by atoms with Crippen molar-refractivity contribution in [2.75, 3.05) is 17.9 Å². The number of hydrogen-bond donors (Lipinski definition) is 0. The molecule has 0 fully saturated rings. The summed E-state index contributed by atoms with van der Waals surface area (Å²) >= 11 is 0. The number of nitrogens with zero attached hydrogens (tertiary/aromatic N) is 1. The molecule has 0 bridgehead atoms. The molecule has 2 rings (SSSR count). The molecule has 19 heavy (non-hydrogen) atoms. The van der Waals surface area contributed by atoms with Crippen LogP contribution in [0.4, 0.5) is 5.69 Å². The van der Waals surface area contributed by atoms with Crippen LogP contribution in [-0.2, 0) is 0 Å². The van der Waals surface area contributed by atoms with Gasteiger partial charge in [0.05, 0.1) is 7.85 Å². The van der Waals surface area contributed by atoms with Gasteiger partial charge in [-0.2, -0.15) is 0 Å². The monoisotopic (exact) mass is 251 g/mol. The Kier molecular flexibility index (Phi) is 6.80. The first-order chi connectivity index (χ1) is 9.36. The molecular formula is C17H22BN. The number of benzene rings is 2. The minimum Gasteiger partial charge on any atom is -0.380 e. The first-order valence-corrected chi connectivity index (χ1v) is 6.96. The van der Waals surface area contributed by atoms with E-state index in [4.69, 9.17) is 7.85 Å². The molecule has 0 saturated carbocycles. The molecule has 0 aliphatic carbocycles. The van der Waals surface area contributed by atoms with Gasteiger partial charge in [0.2, 0.25) is 0 Å². The van der Waals surface area contributed by atoms with Crippen molar-refractivity contribution >= 4 is 13.5 Å². The average Bonchev–Trinajstić information content (AvgIpc) is 2.52. The van der Waals surface area contributed by atoms with Crippen LogP contribution in [0.1, 0.15) is 20.8 Å². The maximum absolute atomic E-state index is 5.79. The van der Waals surface area contributed by atoms with E-state index in [1.165, 1.54) is 16.8 Å². The summed E-state index contributed by atoms with van der Waals surface area (Å²) in [5.74, 6) is 0. The van der Waals surface area contributed by atoms with E-state index in [1.807, 2.05) is 19.9 Å². The SMILES string of the molecule is CC.[B]CN(CC)c1ccccc1-c1ccccc1. The summed E-state index contributed by atoms with van der Waals surface area (Å²) < 4.78 is 0. The number of para-hydroxylation sites is 1. The third-order valence-corrected chi connectivity index (χ3v) is 2.93. The van der Waals surface area contributed by atoms with Gasteiger partial charge in [0.1, 0.15) is 0 Å². The predicted molar refractivity (Wildman–Crippen MR) is 86.9 cm³/mol. The summed E-state index contributed by atoms with van der Waals surface area (Å²) in [4.78, 5) is 2.17. The Morgan fingerprint density at radius 3 is 2.05 bits per heavy atom. The fourth-order valence-corrected chi connectivity index (χ4v) is 2.01. The van der Waals surface area contributed by atoms with Crippen LogP contribution in [0.15, 0.2) is 54.6 Å². The molecule has 0 N–H and O–H groups in total. The van der Waals surface area contributed by atoms with Crippen molar-refractivity contribution in [1.29, 1.82) is 0 Å². The number of anilines is 1. The second-order valence-corrected chi connectivity index (χ2v) is 3.92. The number of hydrogen-bond acceptors (Lipinski definition) is 1. The van der Waals surface area contributed by atoms with Crippen LogP contribution in [-0.4, -0.2) is 20.8 Å². The van der Waals surface area contributed by atoms with Crippen LogP contribution in [0, 0.1) is 0 Å². The Morgan fingerprint density at radius 1 is 0.895 bits per heavy atom. The van der Waals surface area contributed by atoms with E-state index in [-0.39, 0.29) is 0 Å². The zero-order chi connectivity index (χ0) is 14.1. The maximum atomic E-state index is 5.79. The molecule has 0 atom stereocenters. The molecule has 0 heterocycles. The first-order valence-electron chi connectivity index (χ1n) is 6.96. The van der Waals surface area contributed by atoms with Gasteiger partial charge < -0.3 is 4.90 Å². The normalized spacial score (nSPS) is 9.42. The van der Waals surface area contributed by atoms with E-state index in [0.717, 1.165) is 6.54 Å². The molecule has 2 radical (unpaired) electrons. The van der Waals surface area contributed by atoms with Crippen LogP contribution >= 0.6 is 0 Å². The van der Waals surface area contributed by atoms with Gasteiger partial charge in [-0.3, -0.25) is 0 Å². The van der Waals surface area contributed by atoms with Gasteiger partial charge >= 0.3 is 0 Å². The zero-order valence-corrected chi connectivity index (χ0v) is 12.1. The summed E-state index contributed by atoms with van der Waals surface area (Å²) in [6.07, 6.45) is 0.542. The van der Waals surface area contributed by atoms with Crippen LogP contribution in [0.2, 0.25) is 0 Å². The van der Waals surface area contributed by atoms with Gasteiger partial charge in [-0.1, -0.05) is 62.4 Å². The Bertz CT molecular complexity index is 464. The topological polar surface area (TPSA) is 3.24 Å². The van der Waals surface area contributed by atoms with E-state index in [1.54, 1.807) is 0 Å². The molecule has 2 aromatic carbocycles. The predicted octanol–water partition coefficient (Wildman–Crippen LogP) is 4.33. The number of rotatable bonds is 4. The average molecular weight is 251 g/mol. The molecule has 0 unspecified atom stereocenters. The second kappa shape index (κ2) is 8.41. The Morgan fingerprint density at radius 2 is 1.47 bits per heavy atom. The molecule has 98 valence electrons. The highest BCUT2D eigenvalue weighted by molar-refractivity contribution is 6.10. The third-order valence-electron chi connectivity index (χ3n) is 2.93. The third kappa shape index (κ3) is 3.89. The van der Waals surface area contributed by atoms with Gasteiger partial charge in [0.25, 0.3) is 0 Å². The van der Waals surface area contributed by atoms with E-state index in [9.17, 15) is 0 Å². The Labute approximate surface area is 118 Å². The lowest BCUT2D eigenvalue weighted by molar-refractivity contribution is 0.942. The first kappa shape index (κ1) is 15.4. The smallest absolute Gasteiger partial charge is 0.0942 e. The molecular weight excluding hydrogens is 229 g/mol. The highest BCUT2D eigenvalue weighted by Gasteiger charge is 2.08. The van der Waals surface area contributed by atoms with Crippen molar-refractivity contribution in [3.8, 4) is 11.1 Å². The van der Waals surface area contributed by atoms with Crippen LogP contribution in [0.3, 0.4) is 0 Å². The summed E-state index contributed by atoms with van der Waals surface area (Å²) in [5.41, 5.74) is 3.67. The fourth-order valence-electron chi connectivity index (χ4n) is 2.01. The van der Waals surface area contributed by atoms with E-state index in [0.29, 0.717) is 6.44 Å². The lowest BCUT2D eigenvalue weighted by Gasteiger charge is -2.24. The van der Waals surface area contributed by atoms with Crippen molar-refractivity contribution in [3.05, 3.63) is 54.6 Å². The second-order valence-electron chi connectivity index (χ2n) is 3.92. The molecule has 0 aromatic heterocycles. The highest BCUT2D eigenvalue weighted by Crippen LogP contribution is 2.30. The summed E-state index contributed by atoms with van der Waals surface area (Å²) in [5, 5.41) is 0. The van der Waals surface area contributed by atoms with Crippen molar-refractivity contribution in [2.45, 2.75) is 20.8 Å². The molecule has 1 nitrogen and oxygen atoms in total. The van der Waals surface area contributed by atoms with Crippen molar-refractivity contribution in [2.24, 2.45) is 0 Å². The molecule has 0 aliphatic heterocycles. The van der Waals surface area contributed by atoms with Gasteiger partial charge in [0, 0.05) is 17.8 Å². The van der Waals surface area contributed by atoms with Gasteiger partial charge in [-0.15, -0.1) is 0 Å². The van der Waals surface area contributed by atoms with E-state index >= 15 is 0 Å². The van der Waals surface area contributed by atoms with Crippen molar-refractivity contribution in [1.82, 2.24) is 0 Å². The lowest BCUT2D eigenvalue weighted by Crippen LogP contribution is -2.24. The van der Waals surface area contributed by atoms with Crippen LogP contribution < -0.4 is 4.90 Å². The Balaban J connectivity index is 0.000000861. The molecule has 0 spiro atoms. The minimum atomic E-state index is 0.542. The quantitative estimate of drug-likeness (QED) is 0.731. The molecule has 0 saturated heterocycles. The van der Waals surface area contributed by atoms with Crippen molar-refractivity contribution < 1.29 is 0 Å². The van der Waals surface area contributed by atoms with Gasteiger partial charge in [-0.05, 0) is 25.0 Å².